The zero-order chi connectivity index (χ0) is 13.8. The molecule has 1 aromatic carbocycles. The van der Waals surface area contributed by atoms with Crippen LogP contribution in [0.2, 0.25) is 0 Å². The van der Waals surface area contributed by atoms with E-state index in [0.717, 1.165) is 5.69 Å². The lowest BCUT2D eigenvalue weighted by molar-refractivity contribution is -0.119. The maximum Gasteiger partial charge on any atom is 0.248 e. The molecule has 0 fully saturated rings. The Balaban J connectivity index is 2.02. The first-order chi connectivity index (χ1) is 9.08. The molecule has 1 aromatic heterocycles. The van der Waals surface area contributed by atoms with Crippen molar-refractivity contribution >= 4 is 11.6 Å². The van der Waals surface area contributed by atoms with Crippen molar-refractivity contribution in [3.8, 4) is 0 Å². The average Bonchev–Trinajstić information content (AvgIpc) is 2.92. The van der Waals surface area contributed by atoms with E-state index in [0.29, 0.717) is 5.92 Å². The van der Waals surface area contributed by atoms with Crippen LogP contribution in [0.25, 0.3) is 0 Å². The van der Waals surface area contributed by atoms with Gasteiger partial charge in [0.15, 0.2) is 0 Å². The van der Waals surface area contributed by atoms with Crippen molar-refractivity contribution in [3.05, 3.63) is 48.3 Å². The molecule has 100 valence electrons. The predicted octanol–water partition coefficient (Wildman–Crippen LogP) is 3.21. The van der Waals surface area contributed by atoms with E-state index in [1.54, 1.807) is 23.1 Å². The molecule has 2 aromatic rings. The molecule has 0 saturated carbocycles. The Morgan fingerprint density at radius 3 is 2.42 bits per heavy atom. The fraction of sp³-hybridized carbons (Fsp3) is 0.333. The highest BCUT2D eigenvalue weighted by Crippen LogP contribution is 2.18. The molecule has 0 spiro atoms. The van der Waals surface area contributed by atoms with Crippen LogP contribution in [0.3, 0.4) is 0 Å². The van der Waals surface area contributed by atoms with Crippen LogP contribution in [-0.2, 0) is 4.79 Å². The molecule has 0 radical (unpaired) electrons. The molecule has 4 heteroatoms. The Morgan fingerprint density at radius 2 is 1.89 bits per heavy atom. The summed E-state index contributed by atoms with van der Waals surface area (Å²) in [6.45, 7) is 6.12. The average molecular weight is 257 g/mol. The number of hydrogen-bond donors (Lipinski definition) is 1. The van der Waals surface area contributed by atoms with Crippen LogP contribution in [0.5, 0.6) is 0 Å². The second-order valence-corrected chi connectivity index (χ2v) is 4.93. The summed E-state index contributed by atoms with van der Waals surface area (Å²) >= 11 is 0. The molecule has 0 aliphatic carbocycles. The molecule has 1 heterocycles. The van der Waals surface area contributed by atoms with Crippen LogP contribution in [0, 0.1) is 0 Å². The number of nitrogens with one attached hydrogen (secondary N) is 1. The summed E-state index contributed by atoms with van der Waals surface area (Å²) in [5.74, 6) is 0.425. The number of carbonyl (C=O) groups is 1. The summed E-state index contributed by atoms with van der Waals surface area (Å²) in [7, 11) is 0. The monoisotopic (exact) mass is 257 g/mol. The first kappa shape index (κ1) is 13.3. The topological polar surface area (TPSA) is 46.9 Å². The minimum absolute atomic E-state index is 0.0685. The Bertz CT molecular complexity index is 529. The van der Waals surface area contributed by atoms with Crippen LogP contribution >= 0.6 is 0 Å². The minimum atomic E-state index is -0.320. The summed E-state index contributed by atoms with van der Waals surface area (Å²) in [5, 5.41) is 6.97. The largest absolute Gasteiger partial charge is 0.324 e. The van der Waals surface area contributed by atoms with Crippen molar-refractivity contribution in [2.75, 3.05) is 5.32 Å². The third kappa shape index (κ3) is 3.22. The van der Waals surface area contributed by atoms with Crippen molar-refractivity contribution in [1.29, 1.82) is 0 Å². The third-order valence-corrected chi connectivity index (χ3v) is 3.15. The van der Waals surface area contributed by atoms with Gasteiger partial charge in [0, 0.05) is 18.1 Å². The van der Waals surface area contributed by atoms with E-state index in [4.69, 9.17) is 0 Å². The summed E-state index contributed by atoms with van der Waals surface area (Å²) in [4.78, 5) is 12.1. The van der Waals surface area contributed by atoms with E-state index in [1.807, 2.05) is 31.2 Å². The second kappa shape index (κ2) is 5.69. The second-order valence-electron chi connectivity index (χ2n) is 4.93. The normalized spacial score (nSPS) is 12.4. The van der Waals surface area contributed by atoms with Crippen molar-refractivity contribution in [1.82, 2.24) is 9.78 Å². The Labute approximate surface area is 113 Å². The quantitative estimate of drug-likeness (QED) is 0.914. The van der Waals surface area contributed by atoms with Gasteiger partial charge in [-0.1, -0.05) is 26.0 Å². The number of nitrogens with zero attached hydrogens (tertiary/aromatic N) is 2. The molecule has 1 unspecified atom stereocenters. The van der Waals surface area contributed by atoms with Crippen LogP contribution in [0.4, 0.5) is 5.69 Å². The van der Waals surface area contributed by atoms with Crippen molar-refractivity contribution in [3.63, 3.8) is 0 Å². The van der Waals surface area contributed by atoms with Gasteiger partial charge in [0.2, 0.25) is 5.91 Å². The van der Waals surface area contributed by atoms with Crippen LogP contribution in [0.1, 0.15) is 38.3 Å². The first-order valence-electron chi connectivity index (χ1n) is 6.48. The molecule has 19 heavy (non-hydrogen) atoms. The standard InChI is InChI=1S/C15H19N3O/c1-11(2)13-5-7-14(8-6-13)17-15(19)12(3)18-10-4-9-16-18/h4-12H,1-3H3,(H,17,19). The number of benzene rings is 1. The van der Waals surface area contributed by atoms with Gasteiger partial charge in [0.25, 0.3) is 0 Å². The lowest BCUT2D eigenvalue weighted by atomic mass is 10.0. The summed E-state index contributed by atoms with van der Waals surface area (Å²) in [5.41, 5.74) is 2.08. The van der Waals surface area contributed by atoms with E-state index in [2.05, 4.69) is 24.3 Å². The van der Waals surface area contributed by atoms with E-state index in [-0.39, 0.29) is 11.9 Å². The highest BCUT2D eigenvalue weighted by atomic mass is 16.2. The van der Waals surface area contributed by atoms with E-state index < -0.39 is 0 Å². The lowest BCUT2D eigenvalue weighted by Crippen LogP contribution is -2.23. The number of anilines is 1. The predicted molar refractivity (Wildman–Crippen MR) is 76.1 cm³/mol. The number of carbonyl (C=O) groups excluding carboxylic acids is 1. The third-order valence-electron chi connectivity index (χ3n) is 3.15. The number of rotatable bonds is 4. The van der Waals surface area contributed by atoms with Gasteiger partial charge in [0.1, 0.15) is 6.04 Å². The minimum Gasteiger partial charge on any atom is -0.324 e. The maximum absolute atomic E-state index is 12.1. The van der Waals surface area contributed by atoms with Crippen molar-refractivity contribution < 1.29 is 4.79 Å². The zero-order valence-corrected chi connectivity index (χ0v) is 11.5. The summed E-state index contributed by atoms with van der Waals surface area (Å²) in [6, 6.07) is 9.44. The molecule has 4 nitrogen and oxygen atoms in total. The van der Waals surface area contributed by atoms with Gasteiger partial charge in [-0.3, -0.25) is 9.48 Å². The Hall–Kier alpha value is -2.10. The van der Waals surface area contributed by atoms with Crippen molar-refractivity contribution in [2.24, 2.45) is 0 Å². The molecular formula is C15H19N3O. The zero-order valence-electron chi connectivity index (χ0n) is 11.5. The molecule has 0 aliphatic heterocycles. The van der Waals surface area contributed by atoms with Crippen LogP contribution < -0.4 is 5.32 Å². The SMILES string of the molecule is CC(C)c1ccc(NC(=O)C(C)n2cccn2)cc1. The number of aromatic nitrogens is 2. The van der Waals surface area contributed by atoms with Crippen LogP contribution in [0.15, 0.2) is 42.7 Å². The van der Waals surface area contributed by atoms with Gasteiger partial charge < -0.3 is 5.32 Å². The fourth-order valence-corrected chi connectivity index (χ4v) is 1.83. The van der Waals surface area contributed by atoms with Gasteiger partial charge >= 0.3 is 0 Å². The molecule has 2 rings (SSSR count). The highest BCUT2D eigenvalue weighted by molar-refractivity contribution is 5.93. The fourth-order valence-electron chi connectivity index (χ4n) is 1.83. The highest BCUT2D eigenvalue weighted by Gasteiger charge is 2.14. The molecule has 1 N–H and O–H groups in total. The van der Waals surface area contributed by atoms with Gasteiger partial charge in [0.05, 0.1) is 0 Å². The molecule has 0 saturated heterocycles. The Kier molecular flexibility index (Phi) is 4.00. The summed E-state index contributed by atoms with van der Waals surface area (Å²) in [6.07, 6.45) is 3.45. The molecule has 1 amide bonds. The van der Waals surface area contributed by atoms with Gasteiger partial charge in [-0.2, -0.15) is 5.10 Å². The Morgan fingerprint density at radius 1 is 1.21 bits per heavy atom. The lowest BCUT2D eigenvalue weighted by Gasteiger charge is -2.13. The van der Waals surface area contributed by atoms with E-state index >= 15 is 0 Å². The summed E-state index contributed by atoms with van der Waals surface area (Å²) < 4.78 is 1.64. The smallest absolute Gasteiger partial charge is 0.248 e. The molecular weight excluding hydrogens is 238 g/mol. The number of amides is 1. The first-order valence-corrected chi connectivity index (χ1v) is 6.48. The molecule has 0 bridgehead atoms. The van der Waals surface area contributed by atoms with Crippen LogP contribution in [-0.4, -0.2) is 15.7 Å². The molecule has 0 aliphatic rings. The number of hydrogen-bond acceptors (Lipinski definition) is 2. The van der Waals surface area contributed by atoms with E-state index in [9.17, 15) is 4.79 Å². The maximum atomic E-state index is 12.1. The van der Waals surface area contributed by atoms with Gasteiger partial charge in [-0.15, -0.1) is 0 Å². The van der Waals surface area contributed by atoms with Gasteiger partial charge in [-0.25, -0.2) is 0 Å². The molecule has 1 atom stereocenters. The van der Waals surface area contributed by atoms with Gasteiger partial charge in [-0.05, 0) is 36.6 Å². The van der Waals surface area contributed by atoms with Crippen molar-refractivity contribution in [2.45, 2.75) is 32.7 Å². The van der Waals surface area contributed by atoms with E-state index in [1.165, 1.54) is 5.56 Å².